The maximum Gasteiger partial charge on any atom is 0.407 e. The molecule has 0 spiro atoms. The molecule has 11 nitrogen and oxygen atoms in total. The molecule has 0 aliphatic rings. The van der Waals surface area contributed by atoms with Crippen molar-refractivity contribution in [3.8, 4) is 0 Å². The van der Waals surface area contributed by atoms with Crippen LogP contribution >= 0.6 is 0 Å². The molecule has 3 N–H and O–H groups in total. The molecule has 1 unspecified atom stereocenters. The molecule has 0 saturated carbocycles. The zero-order chi connectivity index (χ0) is 22.9. The minimum absolute atomic E-state index is 0.0705. The summed E-state index contributed by atoms with van der Waals surface area (Å²) in [7, 11) is 0. The normalized spacial score (nSPS) is 12.7. The number of aromatic nitrogens is 3. The van der Waals surface area contributed by atoms with Crippen LogP contribution in [0.2, 0.25) is 0 Å². The highest BCUT2D eigenvalue weighted by Gasteiger charge is 2.22. The van der Waals surface area contributed by atoms with Crippen molar-refractivity contribution in [3.05, 3.63) is 11.9 Å². The lowest BCUT2D eigenvalue weighted by Gasteiger charge is -2.19. The third-order valence-electron chi connectivity index (χ3n) is 3.55. The Balaban J connectivity index is 2.45. The summed E-state index contributed by atoms with van der Waals surface area (Å²) in [5.41, 5.74) is -0.769. The molecule has 1 rings (SSSR count). The Kier molecular flexibility index (Phi) is 9.06. The summed E-state index contributed by atoms with van der Waals surface area (Å²) >= 11 is 0. The number of hydrogen-bond acceptors (Lipinski definition) is 7. The molecular weight excluding hydrogens is 394 g/mol. The van der Waals surface area contributed by atoms with Gasteiger partial charge >= 0.3 is 18.2 Å². The molecule has 0 saturated heterocycles. The summed E-state index contributed by atoms with van der Waals surface area (Å²) in [5, 5.41) is 22.4. The van der Waals surface area contributed by atoms with Gasteiger partial charge in [0.05, 0.1) is 12.7 Å². The van der Waals surface area contributed by atoms with E-state index >= 15 is 0 Å². The Labute approximate surface area is 176 Å². The number of nitrogens with zero attached hydrogens (tertiary/aromatic N) is 3. The van der Waals surface area contributed by atoms with Crippen LogP contribution in [-0.2, 0) is 20.8 Å². The third-order valence-corrected chi connectivity index (χ3v) is 3.55. The topological polar surface area (TPSA) is 145 Å². The predicted octanol–water partition coefficient (Wildman–Crippen LogP) is 2.62. The summed E-state index contributed by atoms with van der Waals surface area (Å²) in [4.78, 5) is 34.9. The fourth-order valence-corrected chi connectivity index (χ4v) is 2.36. The first kappa shape index (κ1) is 25.2. The van der Waals surface area contributed by atoms with E-state index in [0.29, 0.717) is 31.5 Å². The fourth-order valence-electron chi connectivity index (χ4n) is 2.36. The second kappa shape index (κ2) is 10.8. The van der Waals surface area contributed by atoms with E-state index < -0.39 is 35.4 Å². The lowest BCUT2D eigenvalue weighted by molar-refractivity contribution is -0.141. The van der Waals surface area contributed by atoms with Gasteiger partial charge in [-0.05, 0) is 60.8 Å². The molecule has 0 aliphatic heterocycles. The maximum absolute atomic E-state index is 11.7. The fraction of sp³-hybridized carbons (Fsp3) is 0.737. The van der Waals surface area contributed by atoms with Crippen molar-refractivity contribution in [1.82, 2.24) is 25.6 Å². The zero-order valence-electron chi connectivity index (χ0n) is 18.5. The maximum atomic E-state index is 11.7. The first-order chi connectivity index (χ1) is 13.8. The average Bonchev–Trinajstić information content (AvgIpc) is 3.01. The molecule has 1 heterocycles. The molecule has 1 atom stereocenters. The zero-order valence-corrected chi connectivity index (χ0v) is 18.5. The van der Waals surface area contributed by atoms with Crippen molar-refractivity contribution in [2.24, 2.45) is 0 Å². The molecule has 170 valence electrons. The summed E-state index contributed by atoms with van der Waals surface area (Å²) in [6.45, 7) is 11.0. The number of hydrogen-bond donors (Lipinski definition) is 3. The van der Waals surface area contributed by atoms with E-state index in [2.05, 4.69) is 20.9 Å². The van der Waals surface area contributed by atoms with Crippen molar-refractivity contribution in [1.29, 1.82) is 0 Å². The first-order valence-corrected chi connectivity index (χ1v) is 9.84. The number of aliphatic carboxylic acids is 1. The van der Waals surface area contributed by atoms with Gasteiger partial charge in [-0.1, -0.05) is 5.21 Å². The Bertz CT molecular complexity index is 720. The standard InChI is InChI=1S/C19H33N5O6/c1-18(2,3)29-16(27)20-10-8-7-9-14(15(25)26)24-12-13(22-23-24)11-21-17(28)30-19(4,5)6/h12,14H,7-11H2,1-6H3,(H,20,27)(H,21,28)(H,25,26). The quantitative estimate of drug-likeness (QED) is 0.510. The molecule has 1 aromatic heterocycles. The van der Waals surface area contributed by atoms with E-state index in [1.165, 1.54) is 10.9 Å². The highest BCUT2D eigenvalue weighted by molar-refractivity contribution is 5.71. The highest BCUT2D eigenvalue weighted by Crippen LogP contribution is 2.15. The molecule has 0 fully saturated rings. The van der Waals surface area contributed by atoms with Crippen molar-refractivity contribution < 1.29 is 29.0 Å². The molecule has 11 heteroatoms. The van der Waals surface area contributed by atoms with Crippen LogP contribution in [0.3, 0.4) is 0 Å². The molecular formula is C19H33N5O6. The number of ether oxygens (including phenoxy) is 2. The molecule has 0 aromatic carbocycles. The molecule has 0 aliphatic carbocycles. The van der Waals surface area contributed by atoms with Crippen LogP contribution in [0, 0.1) is 0 Å². The lowest BCUT2D eigenvalue weighted by atomic mass is 10.1. The molecule has 0 bridgehead atoms. The van der Waals surface area contributed by atoms with Gasteiger partial charge in [-0.25, -0.2) is 19.1 Å². The summed E-state index contributed by atoms with van der Waals surface area (Å²) in [6, 6.07) is -0.894. The Hall–Kier alpha value is -2.85. The van der Waals surface area contributed by atoms with Gasteiger partial charge < -0.3 is 25.2 Å². The number of alkyl carbamates (subject to hydrolysis) is 2. The van der Waals surface area contributed by atoms with Gasteiger partial charge in [0.15, 0.2) is 6.04 Å². The minimum atomic E-state index is -1.04. The largest absolute Gasteiger partial charge is 0.480 e. The van der Waals surface area contributed by atoms with Crippen molar-refractivity contribution in [2.45, 2.75) is 84.6 Å². The molecule has 1 aromatic rings. The number of nitrogens with one attached hydrogen (secondary N) is 2. The van der Waals surface area contributed by atoms with Gasteiger partial charge in [0.25, 0.3) is 0 Å². The van der Waals surface area contributed by atoms with Crippen LogP contribution in [0.1, 0.15) is 72.5 Å². The van der Waals surface area contributed by atoms with Crippen LogP contribution in [-0.4, -0.2) is 56.0 Å². The van der Waals surface area contributed by atoms with Gasteiger partial charge in [0.2, 0.25) is 0 Å². The van der Waals surface area contributed by atoms with Gasteiger partial charge in [0.1, 0.15) is 16.9 Å². The number of carboxylic acid groups (broad SMARTS) is 1. The Morgan fingerprint density at radius 1 is 1.03 bits per heavy atom. The summed E-state index contributed by atoms with van der Waals surface area (Å²) in [6.07, 6.45) is 1.84. The smallest absolute Gasteiger partial charge is 0.407 e. The number of carbonyl (C=O) groups is 3. The van der Waals surface area contributed by atoms with Crippen LogP contribution in [0.4, 0.5) is 9.59 Å². The highest BCUT2D eigenvalue weighted by atomic mass is 16.6. The number of unbranched alkanes of at least 4 members (excludes halogenated alkanes) is 1. The van der Waals surface area contributed by atoms with Gasteiger partial charge in [-0.2, -0.15) is 0 Å². The number of carbonyl (C=O) groups excluding carboxylic acids is 2. The average molecular weight is 428 g/mol. The van der Waals surface area contributed by atoms with E-state index in [1.807, 2.05) is 0 Å². The van der Waals surface area contributed by atoms with Crippen LogP contribution in [0.25, 0.3) is 0 Å². The first-order valence-electron chi connectivity index (χ1n) is 9.84. The predicted molar refractivity (Wildman–Crippen MR) is 108 cm³/mol. The van der Waals surface area contributed by atoms with Gasteiger partial charge in [0, 0.05) is 6.54 Å². The van der Waals surface area contributed by atoms with E-state index in [9.17, 15) is 19.5 Å². The van der Waals surface area contributed by atoms with Crippen molar-refractivity contribution >= 4 is 18.2 Å². The third kappa shape index (κ3) is 10.6. The van der Waals surface area contributed by atoms with E-state index in [-0.39, 0.29) is 6.54 Å². The Morgan fingerprint density at radius 2 is 1.60 bits per heavy atom. The van der Waals surface area contributed by atoms with Crippen LogP contribution in [0.15, 0.2) is 6.20 Å². The number of amides is 2. The number of carboxylic acids is 1. The minimum Gasteiger partial charge on any atom is -0.480 e. The number of rotatable bonds is 9. The monoisotopic (exact) mass is 427 g/mol. The van der Waals surface area contributed by atoms with Crippen molar-refractivity contribution in [3.63, 3.8) is 0 Å². The van der Waals surface area contributed by atoms with Crippen LogP contribution in [0.5, 0.6) is 0 Å². The SMILES string of the molecule is CC(C)(C)OC(=O)NCCCCC(C(=O)O)n1cc(CNC(=O)OC(C)(C)C)nn1. The van der Waals surface area contributed by atoms with Crippen LogP contribution < -0.4 is 10.6 Å². The second-order valence-corrected chi connectivity index (χ2v) is 8.82. The van der Waals surface area contributed by atoms with Gasteiger partial charge in [-0.3, -0.25) is 0 Å². The van der Waals surface area contributed by atoms with E-state index in [4.69, 9.17) is 9.47 Å². The van der Waals surface area contributed by atoms with Gasteiger partial charge in [-0.15, -0.1) is 5.10 Å². The molecule has 2 amide bonds. The van der Waals surface area contributed by atoms with E-state index in [1.54, 1.807) is 41.5 Å². The van der Waals surface area contributed by atoms with E-state index in [0.717, 1.165) is 0 Å². The lowest BCUT2D eigenvalue weighted by Crippen LogP contribution is -2.33. The summed E-state index contributed by atoms with van der Waals surface area (Å²) < 4.78 is 11.5. The second-order valence-electron chi connectivity index (χ2n) is 8.82. The summed E-state index contributed by atoms with van der Waals surface area (Å²) in [5.74, 6) is -1.04. The Morgan fingerprint density at radius 3 is 2.13 bits per heavy atom. The molecule has 0 radical (unpaired) electrons. The molecule has 30 heavy (non-hydrogen) atoms. The van der Waals surface area contributed by atoms with Crippen molar-refractivity contribution in [2.75, 3.05) is 6.54 Å².